The molecule has 8 nitrogen and oxygen atoms in total. The summed E-state index contributed by atoms with van der Waals surface area (Å²) < 4.78 is 25.5. The Morgan fingerprint density at radius 1 is 0.949 bits per heavy atom. The Kier molecular flexibility index (Phi) is 6.86. The van der Waals surface area contributed by atoms with E-state index in [9.17, 15) is 13.2 Å². The highest BCUT2D eigenvalue weighted by Gasteiger charge is 2.17. The minimum Gasteiger partial charge on any atom is -0.309 e. The third-order valence-electron chi connectivity index (χ3n) is 6.67. The van der Waals surface area contributed by atoms with Crippen molar-refractivity contribution in [3.8, 4) is 22.4 Å². The number of sulfone groups is 1. The summed E-state index contributed by atoms with van der Waals surface area (Å²) in [4.78, 5) is 17.3. The molecule has 5 rings (SSSR count). The number of aryl methyl sites for hydroxylation is 1. The van der Waals surface area contributed by atoms with Gasteiger partial charge >= 0.3 is 0 Å². The van der Waals surface area contributed by atoms with Crippen LogP contribution in [-0.2, 0) is 26.5 Å². The molecule has 0 fully saturated rings. The van der Waals surface area contributed by atoms with Crippen molar-refractivity contribution >= 4 is 27.2 Å². The number of H-pyrrole nitrogens is 1. The third kappa shape index (κ3) is 5.93. The first-order chi connectivity index (χ1) is 18.5. The fourth-order valence-corrected chi connectivity index (χ4v) is 4.97. The van der Waals surface area contributed by atoms with Crippen LogP contribution in [0.3, 0.4) is 0 Å². The van der Waals surface area contributed by atoms with Gasteiger partial charge < -0.3 is 5.32 Å². The van der Waals surface area contributed by atoms with E-state index in [4.69, 9.17) is 0 Å². The molecule has 9 heteroatoms. The molecule has 0 spiro atoms. The predicted octanol–water partition coefficient (Wildman–Crippen LogP) is 5.66. The monoisotopic (exact) mass is 541 g/mol. The van der Waals surface area contributed by atoms with Gasteiger partial charge in [0.05, 0.1) is 16.8 Å². The molecule has 39 heavy (non-hydrogen) atoms. The Morgan fingerprint density at radius 3 is 2.28 bits per heavy atom. The highest BCUT2D eigenvalue weighted by atomic mass is 32.2. The molecule has 0 saturated carbocycles. The minimum atomic E-state index is -3.23. The molecule has 0 radical (unpaired) electrons. The first-order valence-electron chi connectivity index (χ1n) is 12.7. The molecule has 0 unspecified atom stereocenters. The number of nitrogens with zero attached hydrogens (tertiary/aromatic N) is 3. The molecule has 3 heterocycles. The van der Waals surface area contributed by atoms with E-state index < -0.39 is 9.84 Å². The standard InChI is InChI=1S/C30H31N5O3S/c1-30(2,3)26-18-27(34-33-26)32-29(36)14-7-20-5-8-22(9-6-20)25-19-31-28-17-23(15-16-35(25)28)21-10-12-24(13-11-21)39(4,37)38/h5-6,8-13,15-19H,7,14H2,1-4H3,(H2,32,33,34,36). The van der Waals surface area contributed by atoms with E-state index in [0.717, 1.165) is 39.3 Å². The predicted molar refractivity (Wildman–Crippen MR) is 153 cm³/mol. The lowest BCUT2D eigenvalue weighted by molar-refractivity contribution is -0.116. The number of rotatable bonds is 7. The molecule has 3 aromatic heterocycles. The normalized spacial score (nSPS) is 12.1. The molecule has 0 bridgehead atoms. The van der Waals surface area contributed by atoms with E-state index in [1.165, 1.54) is 6.26 Å². The fraction of sp³-hybridized carbons (Fsp3) is 0.233. The molecule has 200 valence electrons. The summed E-state index contributed by atoms with van der Waals surface area (Å²) >= 11 is 0. The van der Waals surface area contributed by atoms with Crippen molar-refractivity contribution < 1.29 is 13.2 Å². The second-order valence-corrected chi connectivity index (χ2v) is 12.8. The number of carbonyl (C=O) groups excluding carboxylic acids is 1. The number of carbonyl (C=O) groups is 1. The lowest BCUT2D eigenvalue weighted by Crippen LogP contribution is -2.13. The fourth-order valence-electron chi connectivity index (χ4n) is 4.34. The van der Waals surface area contributed by atoms with Gasteiger partial charge in [0.15, 0.2) is 15.7 Å². The van der Waals surface area contributed by atoms with E-state index in [1.807, 2.05) is 71.4 Å². The average Bonchev–Trinajstić information content (AvgIpc) is 3.54. The van der Waals surface area contributed by atoms with Gasteiger partial charge in [-0.3, -0.25) is 14.3 Å². The van der Waals surface area contributed by atoms with Gasteiger partial charge in [-0.05, 0) is 47.4 Å². The summed E-state index contributed by atoms with van der Waals surface area (Å²) in [7, 11) is -3.23. The number of aromatic amines is 1. The van der Waals surface area contributed by atoms with Crippen LogP contribution in [0.5, 0.6) is 0 Å². The Morgan fingerprint density at radius 2 is 1.64 bits per heavy atom. The maximum Gasteiger partial charge on any atom is 0.225 e. The Balaban J connectivity index is 1.24. The van der Waals surface area contributed by atoms with Gasteiger partial charge in [-0.15, -0.1) is 0 Å². The zero-order valence-electron chi connectivity index (χ0n) is 22.4. The van der Waals surface area contributed by atoms with Crippen molar-refractivity contribution in [2.24, 2.45) is 0 Å². The van der Waals surface area contributed by atoms with Gasteiger partial charge in [0, 0.05) is 41.6 Å². The van der Waals surface area contributed by atoms with Gasteiger partial charge in [-0.2, -0.15) is 5.10 Å². The van der Waals surface area contributed by atoms with Crippen molar-refractivity contribution in [3.63, 3.8) is 0 Å². The van der Waals surface area contributed by atoms with E-state index >= 15 is 0 Å². The molecule has 0 atom stereocenters. The molecule has 2 N–H and O–H groups in total. The van der Waals surface area contributed by atoms with Crippen molar-refractivity contribution in [2.45, 2.75) is 43.9 Å². The number of imidazole rings is 1. The van der Waals surface area contributed by atoms with Gasteiger partial charge in [-0.25, -0.2) is 13.4 Å². The zero-order chi connectivity index (χ0) is 27.8. The van der Waals surface area contributed by atoms with Gasteiger partial charge in [0.2, 0.25) is 5.91 Å². The highest BCUT2D eigenvalue weighted by Crippen LogP contribution is 2.27. The minimum absolute atomic E-state index is 0.0607. The van der Waals surface area contributed by atoms with Crippen LogP contribution < -0.4 is 5.32 Å². The Hall–Kier alpha value is -4.24. The van der Waals surface area contributed by atoms with Crippen LogP contribution in [0.25, 0.3) is 28.0 Å². The maximum atomic E-state index is 12.4. The third-order valence-corrected chi connectivity index (χ3v) is 7.80. The van der Waals surface area contributed by atoms with Crippen LogP contribution in [0.1, 0.15) is 38.4 Å². The number of hydrogen-bond acceptors (Lipinski definition) is 5. The first-order valence-corrected chi connectivity index (χ1v) is 14.6. The summed E-state index contributed by atoms with van der Waals surface area (Å²) in [5, 5.41) is 10.0. The van der Waals surface area contributed by atoms with Gasteiger partial charge in [0.1, 0.15) is 5.65 Å². The van der Waals surface area contributed by atoms with Crippen molar-refractivity contribution in [2.75, 3.05) is 11.6 Å². The summed E-state index contributed by atoms with van der Waals surface area (Å²) in [6.45, 7) is 6.26. The summed E-state index contributed by atoms with van der Waals surface area (Å²) in [6.07, 6.45) is 5.99. The van der Waals surface area contributed by atoms with Crippen LogP contribution in [0.4, 0.5) is 5.82 Å². The maximum absolute atomic E-state index is 12.4. The zero-order valence-corrected chi connectivity index (χ0v) is 23.2. The number of pyridine rings is 1. The molecule has 0 saturated heterocycles. The summed E-state index contributed by atoms with van der Waals surface area (Å²) in [6, 6.07) is 20.9. The Bertz CT molecular complexity index is 1740. The number of amides is 1. The van der Waals surface area contributed by atoms with E-state index in [-0.39, 0.29) is 11.3 Å². The second-order valence-electron chi connectivity index (χ2n) is 10.7. The topological polar surface area (TPSA) is 109 Å². The molecule has 2 aromatic carbocycles. The SMILES string of the molecule is CC(C)(C)c1cc(NC(=O)CCc2ccc(-c3cnc4cc(-c5ccc(S(C)(=O)=O)cc5)ccn34)cc2)n[nH]1. The number of aromatic nitrogens is 4. The van der Waals surface area contributed by atoms with Gasteiger partial charge in [0.25, 0.3) is 0 Å². The van der Waals surface area contributed by atoms with Crippen molar-refractivity contribution in [1.29, 1.82) is 0 Å². The number of anilines is 1. The smallest absolute Gasteiger partial charge is 0.225 e. The van der Waals surface area contributed by atoms with Crippen LogP contribution in [0, 0.1) is 0 Å². The van der Waals surface area contributed by atoms with Crippen LogP contribution in [0.15, 0.2) is 84.0 Å². The molecular weight excluding hydrogens is 510 g/mol. The molecule has 5 aromatic rings. The lowest BCUT2D eigenvalue weighted by Gasteiger charge is -2.14. The van der Waals surface area contributed by atoms with E-state index in [0.29, 0.717) is 23.6 Å². The molecule has 0 aliphatic rings. The molecule has 0 aliphatic carbocycles. The largest absolute Gasteiger partial charge is 0.309 e. The highest BCUT2D eigenvalue weighted by molar-refractivity contribution is 7.90. The van der Waals surface area contributed by atoms with Gasteiger partial charge in [-0.1, -0.05) is 57.2 Å². The number of fused-ring (bicyclic) bond motifs is 1. The van der Waals surface area contributed by atoms with Crippen LogP contribution in [-0.4, -0.2) is 40.2 Å². The lowest BCUT2D eigenvalue weighted by atomic mass is 9.92. The van der Waals surface area contributed by atoms with E-state index in [1.54, 1.807) is 12.1 Å². The first kappa shape index (κ1) is 26.4. The number of hydrogen-bond donors (Lipinski definition) is 2. The van der Waals surface area contributed by atoms with E-state index in [2.05, 4.69) is 41.3 Å². The van der Waals surface area contributed by atoms with Crippen molar-refractivity contribution in [1.82, 2.24) is 19.6 Å². The van der Waals surface area contributed by atoms with Crippen LogP contribution >= 0.6 is 0 Å². The molecular formula is C30H31N5O3S. The quantitative estimate of drug-likeness (QED) is 0.276. The summed E-state index contributed by atoms with van der Waals surface area (Å²) in [5.74, 6) is 0.469. The Labute approximate surface area is 228 Å². The average molecular weight is 542 g/mol. The van der Waals surface area contributed by atoms with Crippen molar-refractivity contribution in [3.05, 3.63) is 90.4 Å². The number of benzene rings is 2. The molecule has 0 aliphatic heterocycles. The second kappa shape index (κ2) is 10.1. The number of nitrogens with one attached hydrogen (secondary N) is 2. The summed E-state index contributed by atoms with van der Waals surface area (Å²) in [5.41, 5.74) is 6.63. The van der Waals surface area contributed by atoms with Crippen LogP contribution in [0.2, 0.25) is 0 Å². The molecule has 1 amide bonds.